The third-order valence-corrected chi connectivity index (χ3v) is 4.21. The van der Waals surface area contributed by atoms with E-state index in [2.05, 4.69) is 26.1 Å². The van der Waals surface area contributed by atoms with E-state index in [0.29, 0.717) is 22.9 Å². The van der Waals surface area contributed by atoms with Crippen molar-refractivity contribution in [1.29, 1.82) is 5.26 Å². The lowest BCUT2D eigenvalue weighted by Gasteiger charge is -2.06. The number of carbonyl (C=O) groups is 1. The summed E-state index contributed by atoms with van der Waals surface area (Å²) in [7, 11) is 0. The number of H-pyrrole nitrogens is 1. The maximum atomic E-state index is 13.0. The van der Waals surface area contributed by atoms with Crippen molar-refractivity contribution >= 4 is 16.8 Å². The summed E-state index contributed by atoms with van der Waals surface area (Å²) in [5.74, 6) is -0.418. The smallest absolute Gasteiger partial charge is 0.191 e. The number of aromatic amines is 1. The van der Waals surface area contributed by atoms with Gasteiger partial charge in [-0.15, -0.1) is 0 Å². The van der Waals surface area contributed by atoms with E-state index in [1.54, 1.807) is 23.9 Å². The Morgan fingerprint density at radius 3 is 2.77 bits per heavy atom. The third-order valence-electron chi connectivity index (χ3n) is 4.21. The van der Waals surface area contributed by atoms with Gasteiger partial charge in [0.2, 0.25) is 0 Å². The number of nitriles is 1. The Balaban J connectivity index is 1.72. The SMILES string of the molecule is Cc1c(C(=O)[C@H](C#N)c2nc3ccccc3[nH]2)cnn1-c1ccccn1. The molecule has 1 N–H and O–H groups in total. The second-order valence-corrected chi connectivity index (χ2v) is 5.81. The molecule has 0 bridgehead atoms. The number of fused-ring (bicyclic) bond motifs is 1. The fourth-order valence-electron chi connectivity index (χ4n) is 2.87. The highest BCUT2D eigenvalue weighted by Crippen LogP contribution is 2.23. The highest BCUT2D eigenvalue weighted by molar-refractivity contribution is 6.03. The number of Topliss-reactive ketones (excluding diaryl/α,β-unsaturated/α-hetero) is 1. The van der Waals surface area contributed by atoms with Crippen molar-refractivity contribution in [3.63, 3.8) is 0 Å². The zero-order chi connectivity index (χ0) is 18.1. The first kappa shape index (κ1) is 15.7. The number of aromatic nitrogens is 5. The molecule has 0 spiro atoms. The number of pyridine rings is 1. The van der Waals surface area contributed by atoms with Gasteiger partial charge in [0.15, 0.2) is 17.5 Å². The number of imidazole rings is 1. The Morgan fingerprint density at radius 1 is 1.23 bits per heavy atom. The fraction of sp³-hybridized carbons (Fsp3) is 0.105. The second-order valence-electron chi connectivity index (χ2n) is 5.81. The molecule has 4 rings (SSSR count). The lowest BCUT2D eigenvalue weighted by molar-refractivity contribution is 0.0976. The molecule has 0 aliphatic carbocycles. The Hall–Kier alpha value is -3.79. The highest BCUT2D eigenvalue weighted by Gasteiger charge is 2.28. The molecule has 126 valence electrons. The first-order valence-electron chi connectivity index (χ1n) is 8.03. The quantitative estimate of drug-likeness (QED) is 0.575. The van der Waals surface area contributed by atoms with E-state index in [4.69, 9.17) is 0 Å². The maximum Gasteiger partial charge on any atom is 0.191 e. The number of para-hydroxylation sites is 2. The van der Waals surface area contributed by atoms with E-state index in [1.807, 2.05) is 36.4 Å². The molecule has 0 saturated carbocycles. The van der Waals surface area contributed by atoms with Crippen molar-refractivity contribution in [3.05, 3.63) is 71.9 Å². The van der Waals surface area contributed by atoms with Gasteiger partial charge in [0.05, 0.1) is 34.6 Å². The molecule has 4 aromatic rings. The minimum absolute atomic E-state index is 0.337. The van der Waals surface area contributed by atoms with Crippen LogP contribution in [0.3, 0.4) is 0 Å². The van der Waals surface area contributed by atoms with Crippen LogP contribution in [0.25, 0.3) is 16.9 Å². The summed E-state index contributed by atoms with van der Waals surface area (Å²) < 4.78 is 1.58. The van der Waals surface area contributed by atoms with Gasteiger partial charge in [-0.25, -0.2) is 14.6 Å². The number of nitrogens with one attached hydrogen (secondary N) is 1. The summed E-state index contributed by atoms with van der Waals surface area (Å²) >= 11 is 0. The zero-order valence-corrected chi connectivity index (χ0v) is 13.9. The molecule has 0 fully saturated rings. The topological polar surface area (TPSA) is 100 Å². The van der Waals surface area contributed by atoms with Crippen LogP contribution in [0.15, 0.2) is 54.9 Å². The summed E-state index contributed by atoms with van der Waals surface area (Å²) in [6, 6.07) is 14.9. The molecule has 1 atom stereocenters. The number of nitrogens with zero attached hydrogens (tertiary/aromatic N) is 5. The molecule has 1 aromatic carbocycles. The Bertz CT molecular complexity index is 1100. The van der Waals surface area contributed by atoms with Gasteiger partial charge in [-0.05, 0) is 31.2 Å². The first-order valence-corrected chi connectivity index (χ1v) is 8.03. The minimum atomic E-state index is -1.03. The molecule has 3 aromatic heterocycles. The molecule has 26 heavy (non-hydrogen) atoms. The fourth-order valence-corrected chi connectivity index (χ4v) is 2.87. The molecule has 0 aliphatic heterocycles. The number of carbonyl (C=O) groups excluding carboxylic acids is 1. The van der Waals surface area contributed by atoms with Gasteiger partial charge in [0.25, 0.3) is 0 Å². The molecule has 3 heterocycles. The second kappa shape index (κ2) is 6.26. The Labute approximate surface area is 148 Å². The summed E-state index contributed by atoms with van der Waals surface area (Å²) in [5, 5.41) is 13.8. The highest BCUT2D eigenvalue weighted by atomic mass is 16.1. The Morgan fingerprint density at radius 2 is 2.04 bits per heavy atom. The van der Waals surface area contributed by atoms with Crippen LogP contribution in [0.4, 0.5) is 0 Å². The van der Waals surface area contributed by atoms with Crippen molar-refractivity contribution in [2.45, 2.75) is 12.8 Å². The molecule has 0 aliphatic rings. The average Bonchev–Trinajstić information content (AvgIpc) is 3.26. The predicted molar refractivity (Wildman–Crippen MR) is 94.9 cm³/mol. The van der Waals surface area contributed by atoms with E-state index >= 15 is 0 Å². The van der Waals surface area contributed by atoms with Crippen LogP contribution in [0.2, 0.25) is 0 Å². The largest absolute Gasteiger partial charge is 0.340 e. The molecule has 7 nitrogen and oxygen atoms in total. The van der Waals surface area contributed by atoms with Crippen molar-refractivity contribution in [2.75, 3.05) is 0 Å². The van der Waals surface area contributed by atoms with Crippen LogP contribution in [0.1, 0.15) is 27.8 Å². The molecule has 0 amide bonds. The van der Waals surface area contributed by atoms with E-state index in [-0.39, 0.29) is 5.78 Å². The zero-order valence-electron chi connectivity index (χ0n) is 13.9. The number of hydrogen-bond acceptors (Lipinski definition) is 5. The van der Waals surface area contributed by atoms with Gasteiger partial charge in [-0.1, -0.05) is 18.2 Å². The van der Waals surface area contributed by atoms with Crippen LogP contribution in [-0.4, -0.2) is 30.5 Å². The molecule has 0 radical (unpaired) electrons. The van der Waals surface area contributed by atoms with Crippen molar-refractivity contribution in [2.24, 2.45) is 0 Å². The first-order chi connectivity index (χ1) is 12.7. The molecular weight excluding hydrogens is 328 g/mol. The van der Waals surface area contributed by atoms with Gasteiger partial charge < -0.3 is 4.98 Å². The van der Waals surface area contributed by atoms with Gasteiger partial charge in [0.1, 0.15) is 5.82 Å². The van der Waals surface area contributed by atoms with E-state index < -0.39 is 5.92 Å². The summed E-state index contributed by atoms with van der Waals surface area (Å²) in [6.45, 7) is 1.78. The van der Waals surface area contributed by atoms with Crippen molar-refractivity contribution < 1.29 is 4.79 Å². The van der Waals surface area contributed by atoms with Crippen LogP contribution in [0, 0.1) is 18.3 Å². The van der Waals surface area contributed by atoms with Crippen LogP contribution in [-0.2, 0) is 0 Å². The molecular formula is C19H14N6O. The lowest BCUT2D eigenvalue weighted by atomic mass is 9.99. The van der Waals surface area contributed by atoms with Crippen molar-refractivity contribution in [3.8, 4) is 11.9 Å². The maximum absolute atomic E-state index is 13.0. The summed E-state index contributed by atoms with van der Waals surface area (Å²) in [5.41, 5.74) is 2.51. The van der Waals surface area contributed by atoms with Gasteiger partial charge in [-0.2, -0.15) is 10.4 Å². The predicted octanol–water partition coefficient (Wildman–Crippen LogP) is 2.94. The molecule has 7 heteroatoms. The van der Waals surface area contributed by atoms with E-state index in [9.17, 15) is 10.1 Å². The number of benzene rings is 1. The third kappa shape index (κ3) is 2.54. The van der Waals surface area contributed by atoms with Crippen molar-refractivity contribution in [1.82, 2.24) is 24.7 Å². The number of hydrogen-bond donors (Lipinski definition) is 1. The Kier molecular flexibility index (Phi) is 3.78. The van der Waals surface area contributed by atoms with Gasteiger partial charge in [0, 0.05) is 6.20 Å². The molecule has 0 saturated heterocycles. The van der Waals surface area contributed by atoms with E-state index in [0.717, 1.165) is 11.0 Å². The molecule has 0 unspecified atom stereocenters. The number of ketones is 1. The van der Waals surface area contributed by atoms with Crippen LogP contribution >= 0.6 is 0 Å². The van der Waals surface area contributed by atoms with Crippen LogP contribution in [0.5, 0.6) is 0 Å². The van der Waals surface area contributed by atoms with Gasteiger partial charge >= 0.3 is 0 Å². The normalized spacial score (nSPS) is 12.0. The summed E-state index contributed by atoms with van der Waals surface area (Å²) in [6.07, 6.45) is 3.13. The van der Waals surface area contributed by atoms with E-state index in [1.165, 1.54) is 6.20 Å². The average molecular weight is 342 g/mol. The summed E-state index contributed by atoms with van der Waals surface area (Å²) in [4.78, 5) is 24.7. The minimum Gasteiger partial charge on any atom is -0.340 e. The monoisotopic (exact) mass is 342 g/mol. The van der Waals surface area contributed by atoms with Crippen LogP contribution < -0.4 is 0 Å². The number of rotatable bonds is 4. The van der Waals surface area contributed by atoms with Gasteiger partial charge in [-0.3, -0.25) is 4.79 Å². The lowest BCUT2D eigenvalue weighted by Crippen LogP contribution is -2.14. The standard InChI is InChI=1S/C19H14N6O/c1-12-14(11-22-25(12)17-8-4-5-9-21-17)18(26)13(10-20)19-23-15-6-2-3-7-16(15)24-19/h2-9,11,13H,1H3,(H,23,24)/t13-/m0/s1.